The van der Waals surface area contributed by atoms with Crippen molar-refractivity contribution in [1.29, 1.82) is 0 Å². The molecule has 0 aromatic heterocycles. The molecule has 1 aromatic carbocycles. The molecule has 8 heteroatoms. The molecule has 0 heterocycles. The molecule has 3 N–H and O–H groups in total. The van der Waals surface area contributed by atoms with Crippen molar-refractivity contribution in [2.45, 2.75) is 12.6 Å². The molecule has 0 spiro atoms. The van der Waals surface area contributed by atoms with Crippen LogP contribution in [0.1, 0.15) is 6.42 Å². The molecule has 1 rings (SSSR count). The first kappa shape index (κ1) is 17.1. The van der Waals surface area contributed by atoms with Gasteiger partial charge in [0.1, 0.15) is 5.75 Å². The van der Waals surface area contributed by atoms with E-state index >= 15 is 0 Å². The molecule has 0 bridgehead atoms. The number of nitrogen functional groups attached to an aromatic ring is 1. The third-order valence-electron chi connectivity index (χ3n) is 2.69. The molecule has 1 amide bonds. The number of rotatable bonds is 6. The predicted octanol–water partition coefficient (Wildman–Crippen LogP) is 2.10. The molecule has 0 aliphatic carbocycles. The van der Waals surface area contributed by atoms with E-state index in [4.69, 9.17) is 10.5 Å². The van der Waals surface area contributed by atoms with Gasteiger partial charge in [-0.1, -0.05) is 0 Å². The lowest BCUT2D eigenvalue weighted by molar-refractivity contribution is -0.138. The number of anilines is 2. The Morgan fingerprint density at radius 2 is 2.10 bits per heavy atom. The van der Waals surface area contributed by atoms with Crippen LogP contribution in [0.3, 0.4) is 0 Å². The molecule has 0 unspecified atom stereocenters. The third-order valence-corrected chi connectivity index (χ3v) is 2.69. The highest BCUT2D eigenvalue weighted by atomic mass is 19.4. The lowest BCUT2D eigenvalue weighted by atomic mass is 10.2. The van der Waals surface area contributed by atoms with Crippen LogP contribution in [0.4, 0.5) is 24.5 Å². The first-order valence-corrected chi connectivity index (χ1v) is 6.20. The SMILES string of the molecule is COc1cc(N)ccc1NC(=O)CN(C)CCC(F)(F)F. The smallest absolute Gasteiger partial charge is 0.390 e. The molecule has 0 radical (unpaired) electrons. The van der Waals surface area contributed by atoms with Gasteiger partial charge in [0.25, 0.3) is 0 Å². The summed E-state index contributed by atoms with van der Waals surface area (Å²) in [5.41, 5.74) is 6.48. The van der Waals surface area contributed by atoms with Crippen LogP contribution in [0, 0.1) is 0 Å². The molecule has 0 saturated heterocycles. The van der Waals surface area contributed by atoms with E-state index in [-0.39, 0.29) is 13.1 Å². The van der Waals surface area contributed by atoms with E-state index in [1.165, 1.54) is 19.1 Å². The number of carbonyl (C=O) groups is 1. The Hall–Kier alpha value is -1.96. The van der Waals surface area contributed by atoms with Gasteiger partial charge < -0.3 is 15.8 Å². The highest BCUT2D eigenvalue weighted by Crippen LogP contribution is 2.26. The zero-order valence-corrected chi connectivity index (χ0v) is 11.8. The summed E-state index contributed by atoms with van der Waals surface area (Å²) < 4.78 is 41.3. The number of ether oxygens (including phenoxy) is 1. The van der Waals surface area contributed by atoms with Gasteiger partial charge in [-0.3, -0.25) is 9.69 Å². The second kappa shape index (κ2) is 7.16. The van der Waals surface area contributed by atoms with Gasteiger partial charge in [0.2, 0.25) is 5.91 Å². The number of benzene rings is 1. The van der Waals surface area contributed by atoms with Crippen LogP contribution < -0.4 is 15.8 Å². The predicted molar refractivity (Wildman–Crippen MR) is 74.2 cm³/mol. The van der Waals surface area contributed by atoms with E-state index in [0.717, 1.165) is 0 Å². The zero-order chi connectivity index (χ0) is 16.0. The number of nitrogens with two attached hydrogens (primary N) is 1. The number of hydrogen-bond donors (Lipinski definition) is 2. The Bertz CT molecular complexity index is 492. The Morgan fingerprint density at radius 1 is 1.43 bits per heavy atom. The molecule has 0 saturated carbocycles. The number of halogens is 3. The van der Waals surface area contributed by atoms with Crippen molar-refractivity contribution in [2.75, 3.05) is 38.3 Å². The first-order chi connectivity index (χ1) is 9.71. The minimum Gasteiger partial charge on any atom is -0.494 e. The number of likely N-dealkylation sites (N-methyl/N-ethyl adjacent to an activating group) is 1. The number of alkyl halides is 3. The number of nitrogens with one attached hydrogen (secondary N) is 1. The minimum absolute atomic E-state index is 0.149. The Balaban J connectivity index is 2.54. The van der Waals surface area contributed by atoms with E-state index in [1.807, 2.05) is 0 Å². The van der Waals surface area contributed by atoms with Crippen LogP contribution in [0.15, 0.2) is 18.2 Å². The number of amides is 1. The van der Waals surface area contributed by atoms with Crippen molar-refractivity contribution >= 4 is 17.3 Å². The fraction of sp³-hybridized carbons (Fsp3) is 0.462. The van der Waals surface area contributed by atoms with Gasteiger partial charge in [-0.2, -0.15) is 13.2 Å². The van der Waals surface area contributed by atoms with Crippen molar-refractivity contribution in [1.82, 2.24) is 4.90 Å². The Labute approximate surface area is 120 Å². The minimum atomic E-state index is -4.23. The summed E-state index contributed by atoms with van der Waals surface area (Å²) in [6, 6.07) is 4.70. The van der Waals surface area contributed by atoms with Gasteiger partial charge in [-0.05, 0) is 19.2 Å². The highest BCUT2D eigenvalue weighted by molar-refractivity contribution is 5.94. The summed E-state index contributed by atoms with van der Waals surface area (Å²) in [5, 5.41) is 2.57. The van der Waals surface area contributed by atoms with E-state index in [9.17, 15) is 18.0 Å². The van der Waals surface area contributed by atoms with Crippen LogP contribution in [0.2, 0.25) is 0 Å². The quantitative estimate of drug-likeness (QED) is 0.790. The maximum absolute atomic E-state index is 12.1. The second-order valence-corrected chi connectivity index (χ2v) is 4.61. The van der Waals surface area contributed by atoms with Crippen LogP contribution in [0.25, 0.3) is 0 Å². The van der Waals surface area contributed by atoms with Crippen LogP contribution in [-0.2, 0) is 4.79 Å². The van der Waals surface area contributed by atoms with Crippen LogP contribution in [-0.4, -0.2) is 44.2 Å². The van der Waals surface area contributed by atoms with E-state index in [1.54, 1.807) is 18.2 Å². The largest absolute Gasteiger partial charge is 0.494 e. The van der Waals surface area contributed by atoms with E-state index in [2.05, 4.69) is 5.32 Å². The van der Waals surface area contributed by atoms with Gasteiger partial charge in [0, 0.05) is 18.3 Å². The molecule has 5 nitrogen and oxygen atoms in total. The molecule has 1 aromatic rings. The standard InChI is InChI=1S/C13H18F3N3O2/c1-19(6-5-13(14,15)16)8-12(20)18-10-4-3-9(17)7-11(10)21-2/h3-4,7H,5-6,8,17H2,1-2H3,(H,18,20). The van der Waals surface area contributed by atoms with Gasteiger partial charge in [0.05, 0.1) is 25.8 Å². The summed E-state index contributed by atoms with van der Waals surface area (Å²) in [6.45, 7) is -0.389. The number of carbonyl (C=O) groups excluding carboxylic acids is 1. The summed E-state index contributed by atoms with van der Waals surface area (Å²) in [4.78, 5) is 13.1. The molecular weight excluding hydrogens is 287 g/mol. The normalized spacial score (nSPS) is 11.5. The summed E-state index contributed by atoms with van der Waals surface area (Å²) in [5.74, 6) is -0.0379. The van der Waals surface area contributed by atoms with Crippen molar-refractivity contribution in [3.8, 4) is 5.75 Å². The molecular formula is C13H18F3N3O2. The van der Waals surface area contributed by atoms with Gasteiger partial charge in [-0.25, -0.2) is 0 Å². The summed E-state index contributed by atoms with van der Waals surface area (Å²) >= 11 is 0. The lowest BCUT2D eigenvalue weighted by Crippen LogP contribution is -2.32. The highest BCUT2D eigenvalue weighted by Gasteiger charge is 2.27. The maximum Gasteiger partial charge on any atom is 0.390 e. The molecule has 0 aliphatic rings. The van der Waals surface area contributed by atoms with Crippen molar-refractivity contribution in [2.24, 2.45) is 0 Å². The van der Waals surface area contributed by atoms with Gasteiger partial charge in [0.15, 0.2) is 0 Å². The van der Waals surface area contributed by atoms with Crippen LogP contribution >= 0.6 is 0 Å². The number of methoxy groups -OCH3 is 1. The average molecular weight is 305 g/mol. The average Bonchev–Trinajstić information content (AvgIpc) is 2.37. The van der Waals surface area contributed by atoms with Crippen molar-refractivity contribution in [3.63, 3.8) is 0 Å². The number of nitrogens with zero attached hydrogens (tertiary/aromatic N) is 1. The van der Waals surface area contributed by atoms with Crippen LogP contribution in [0.5, 0.6) is 5.75 Å². The molecule has 0 fully saturated rings. The van der Waals surface area contributed by atoms with Gasteiger partial charge in [-0.15, -0.1) is 0 Å². The lowest BCUT2D eigenvalue weighted by Gasteiger charge is -2.18. The molecule has 0 atom stereocenters. The second-order valence-electron chi connectivity index (χ2n) is 4.61. The summed E-state index contributed by atoms with van der Waals surface area (Å²) in [6.07, 6.45) is -5.19. The van der Waals surface area contributed by atoms with Crippen molar-refractivity contribution < 1.29 is 22.7 Å². The van der Waals surface area contributed by atoms with Crippen molar-refractivity contribution in [3.05, 3.63) is 18.2 Å². The Kier molecular flexibility index (Phi) is 5.83. The fourth-order valence-electron chi connectivity index (χ4n) is 1.64. The maximum atomic E-state index is 12.1. The topological polar surface area (TPSA) is 67.6 Å². The Morgan fingerprint density at radius 3 is 2.67 bits per heavy atom. The fourth-order valence-corrected chi connectivity index (χ4v) is 1.64. The van der Waals surface area contributed by atoms with E-state index in [0.29, 0.717) is 17.1 Å². The number of hydrogen-bond acceptors (Lipinski definition) is 4. The third kappa shape index (κ3) is 6.35. The molecule has 118 valence electrons. The molecule has 21 heavy (non-hydrogen) atoms. The monoisotopic (exact) mass is 305 g/mol. The molecule has 0 aliphatic heterocycles. The van der Waals surface area contributed by atoms with E-state index < -0.39 is 18.5 Å². The van der Waals surface area contributed by atoms with Gasteiger partial charge >= 0.3 is 6.18 Å². The summed E-state index contributed by atoms with van der Waals surface area (Å²) in [7, 11) is 2.88. The first-order valence-electron chi connectivity index (χ1n) is 6.20. The zero-order valence-electron chi connectivity index (χ0n) is 11.8.